The Hall–Kier alpha value is -6.17. The Bertz CT molecular complexity index is 2510. The third-order valence-electron chi connectivity index (χ3n) is 12.1. The number of halogens is 1. The van der Waals surface area contributed by atoms with Crippen molar-refractivity contribution in [2.75, 3.05) is 79.8 Å². The summed E-state index contributed by atoms with van der Waals surface area (Å²) in [5, 5.41) is 19.8. The molecule has 0 unspecified atom stereocenters. The lowest BCUT2D eigenvalue weighted by molar-refractivity contribution is -0.172. The summed E-state index contributed by atoms with van der Waals surface area (Å²) >= 11 is 0. The van der Waals surface area contributed by atoms with Crippen molar-refractivity contribution in [3.63, 3.8) is 0 Å². The molecule has 0 aliphatic carbocycles. The Balaban J connectivity index is 0.889. The van der Waals surface area contributed by atoms with E-state index in [0.29, 0.717) is 86.7 Å². The lowest BCUT2D eigenvalue weighted by Crippen LogP contribution is -2.55. The second-order valence-electron chi connectivity index (χ2n) is 17.1. The van der Waals surface area contributed by atoms with Gasteiger partial charge in [0.1, 0.15) is 32.0 Å². The van der Waals surface area contributed by atoms with Crippen LogP contribution in [0.5, 0.6) is 5.75 Å². The molecule has 0 bridgehead atoms. The Morgan fingerprint density at radius 3 is 2.17 bits per heavy atom. The number of pyridine rings is 2. The Morgan fingerprint density at radius 2 is 1.51 bits per heavy atom. The van der Waals surface area contributed by atoms with Crippen molar-refractivity contribution in [3.8, 4) is 17.1 Å². The number of hydrogen-bond donors (Lipinski definition) is 4. The molecule has 3 aromatic rings. The van der Waals surface area contributed by atoms with Crippen molar-refractivity contribution in [2.45, 2.75) is 84.2 Å². The number of amides is 5. The number of nitrogens with one attached hydrogen (secondary N) is 3. The Kier molecular flexibility index (Phi) is 18.7. The summed E-state index contributed by atoms with van der Waals surface area (Å²) in [6, 6.07) is 2.48. The van der Waals surface area contributed by atoms with Crippen LogP contribution in [0.3, 0.4) is 0 Å². The van der Waals surface area contributed by atoms with Crippen molar-refractivity contribution >= 4 is 46.4 Å². The number of methoxy groups -OCH3 is 1. The highest BCUT2D eigenvalue weighted by Crippen LogP contribution is 2.41. The van der Waals surface area contributed by atoms with Crippen LogP contribution in [0.25, 0.3) is 22.3 Å². The maximum Gasteiger partial charge on any atom is 0.343 e. The number of cyclic esters (lactones) is 1. The normalized spacial score (nSPS) is 16.8. The molecule has 6 rings (SSSR count). The highest BCUT2D eigenvalue weighted by molar-refractivity contribution is 6.12. The molecule has 1 aromatic carbocycles. The fourth-order valence-corrected chi connectivity index (χ4v) is 8.22. The molecular weight excluding hydrogens is 920 g/mol. The number of carbonyl (C=O) groups excluding carboxylic acids is 6. The van der Waals surface area contributed by atoms with Crippen LogP contribution in [0.2, 0.25) is 0 Å². The molecule has 3 aliphatic rings. The summed E-state index contributed by atoms with van der Waals surface area (Å²) in [5.41, 5.74) is 0.502. The highest BCUT2D eigenvalue weighted by atomic mass is 19.1. The minimum absolute atomic E-state index is 0.0114. The number of aliphatic hydroxyl groups is 1. The molecule has 5 amide bonds. The van der Waals surface area contributed by atoms with Gasteiger partial charge in [-0.25, -0.2) is 14.2 Å². The summed E-state index contributed by atoms with van der Waals surface area (Å²) in [4.78, 5) is 94.2. The maximum absolute atomic E-state index is 15.0. The monoisotopic (exact) mass is 980 g/mol. The van der Waals surface area contributed by atoms with Crippen molar-refractivity contribution < 1.29 is 71.4 Å². The zero-order valence-corrected chi connectivity index (χ0v) is 40.0. The van der Waals surface area contributed by atoms with Gasteiger partial charge in [-0.2, -0.15) is 0 Å². The van der Waals surface area contributed by atoms with Gasteiger partial charge in [-0.15, -0.1) is 0 Å². The lowest BCUT2D eigenvalue weighted by Gasteiger charge is -2.31. The number of aromatic nitrogens is 2. The Labute approximate surface area is 403 Å². The summed E-state index contributed by atoms with van der Waals surface area (Å²) in [6.45, 7) is 8.46. The molecule has 0 fully saturated rings. The zero-order chi connectivity index (χ0) is 50.5. The topological polar surface area (TPSA) is 261 Å². The van der Waals surface area contributed by atoms with Gasteiger partial charge in [-0.05, 0) is 56.2 Å². The molecule has 0 saturated heterocycles. The largest absolute Gasteiger partial charge is 0.494 e. The van der Waals surface area contributed by atoms with Crippen molar-refractivity contribution in [2.24, 2.45) is 5.92 Å². The van der Waals surface area contributed by atoms with E-state index >= 15 is 4.39 Å². The van der Waals surface area contributed by atoms with Crippen LogP contribution in [0.1, 0.15) is 69.2 Å². The number of aryl methyl sites for hydroxylation is 1. The van der Waals surface area contributed by atoms with Gasteiger partial charge in [0.2, 0.25) is 17.7 Å². The molecule has 380 valence electrons. The van der Waals surface area contributed by atoms with Crippen molar-refractivity contribution in [3.05, 3.63) is 68.8 Å². The fraction of sp³-hybridized carbons (Fsp3) is 0.542. The summed E-state index contributed by atoms with van der Waals surface area (Å²) in [7, 11) is 1.35. The van der Waals surface area contributed by atoms with Crippen LogP contribution in [0.4, 0.5) is 4.39 Å². The number of hydrogen-bond acceptors (Lipinski definition) is 16. The van der Waals surface area contributed by atoms with Gasteiger partial charge in [0.05, 0.1) is 75.8 Å². The first-order valence-corrected chi connectivity index (χ1v) is 23.2. The molecular formula is C48H61FN6O15. The van der Waals surface area contributed by atoms with Gasteiger partial charge >= 0.3 is 5.97 Å². The lowest BCUT2D eigenvalue weighted by atomic mass is 9.86. The second kappa shape index (κ2) is 24.6. The summed E-state index contributed by atoms with van der Waals surface area (Å²) in [6.07, 6.45) is 3.82. The van der Waals surface area contributed by atoms with Gasteiger partial charge in [-0.3, -0.25) is 33.7 Å². The van der Waals surface area contributed by atoms with Gasteiger partial charge in [0, 0.05) is 54.5 Å². The van der Waals surface area contributed by atoms with E-state index in [-0.39, 0.29) is 87.3 Å². The quantitative estimate of drug-likeness (QED) is 0.0270. The van der Waals surface area contributed by atoms with Gasteiger partial charge in [0.25, 0.3) is 17.4 Å². The van der Waals surface area contributed by atoms with Crippen LogP contribution in [0, 0.1) is 11.7 Å². The number of esters is 1. The van der Waals surface area contributed by atoms with E-state index in [2.05, 4.69) is 16.0 Å². The SMILES string of the molecule is CC[C@@]1(O)C(=O)OCc2c1cc1n(c2=O)Cc2c-1nc1cc(F)c(OC)cc1c2CCCOCNC(=O)[C@H](C)NC(=O)[C@@H](NC(=O)COCCOCCOCCOCCCN1C(=O)C=CC1=O)C(C)C. The molecule has 70 heavy (non-hydrogen) atoms. The average molecular weight is 981 g/mol. The first-order valence-electron chi connectivity index (χ1n) is 23.2. The number of ether oxygens (including phenoxy) is 7. The summed E-state index contributed by atoms with van der Waals surface area (Å²) < 4.78 is 54.5. The highest BCUT2D eigenvalue weighted by Gasteiger charge is 2.45. The maximum atomic E-state index is 15.0. The van der Waals surface area contributed by atoms with E-state index in [1.165, 1.54) is 36.8 Å². The molecule has 21 nitrogen and oxygen atoms in total. The van der Waals surface area contributed by atoms with E-state index < -0.39 is 52.8 Å². The number of carbonyl (C=O) groups is 6. The number of rotatable bonds is 28. The molecule has 0 spiro atoms. The molecule has 3 aliphatic heterocycles. The smallest absolute Gasteiger partial charge is 0.343 e. The number of benzene rings is 1. The van der Waals surface area contributed by atoms with Crippen LogP contribution >= 0.6 is 0 Å². The first-order chi connectivity index (χ1) is 33.6. The third kappa shape index (κ3) is 12.6. The summed E-state index contributed by atoms with van der Waals surface area (Å²) in [5.74, 6) is -4.02. The molecule has 2 aromatic heterocycles. The molecule has 3 atom stereocenters. The minimum Gasteiger partial charge on any atom is -0.494 e. The third-order valence-corrected chi connectivity index (χ3v) is 12.1. The van der Waals surface area contributed by atoms with E-state index in [4.69, 9.17) is 38.1 Å². The standard InChI is InChI=1S/C48H61FN6O15/c1-6-48(63)34-22-37-43-32(24-55(37)46(61)33(34)25-70-47(48)62)30(31-21-38(64-5)35(49)23-36(31)52-43)9-7-13-69-27-50-44(59)29(4)51-45(60)42(28(2)3)53-39(56)26-68-20-19-67-18-17-66-16-15-65-14-8-12-54-40(57)10-11-41(54)58/h10-11,21-23,28-29,42,63H,6-9,12-20,24-27H2,1-5H3,(H,50,59)(H,51,60)(H,53,56)/t29-,42-,48-/m0/s1. The van der Waals surface area contributed by atoms with E-state index in [0.717, 1.165) is 10.5 Å². The van der Waals surface area contributed by atoms with E-state index in [9.17, 15) is 38.7 Å². The predicted octanol–water partition coefficient (Wildman–Crippen LogP) is 1.28. The van der Waals surface area contributed by atoms with Gasteiger partial charge in [0.15, 0.2) is 17.2 Å². The van der Waals surface area contributed by atoms with Crippen LogP contribution in [-0.2, 0) is 82.4 Å². The average Bonchev–Trinajstić information content (AvgIpc) is 3.87. The van der Waals surface area contributed by atoms with Gasteiger partial charge < -0.3 is 58.8 Å². The minimum atomic E-state index is -2.01. The van der Waals surface area contributed by atoms with Crippen LogP contribution in [0.15, 0.2) is 35.1 Å². The van der Waals surface area contributed by atoms with Gasteiger partial charge in [-0.1, -0.05) is 20.8 Å². The molecule has 0 radical (unpaired) electrons. The number of nitrogens with zero attached hydrogens (tertiary/aromatic N) is 3. The molecule has 4 N–H and O–H groups in total. The number of imide groups is 1. The fourth-order valence-electron chi connectivity index (χ4n) is 8.22. The first kappa shape index (κ1) is 53.2. The van der Waals surface area contributed by atoms with Crippen LogP contribution < -0.4 is 26.2 Å². The van der Waals surface area contributed by atoms with E-state index in [1.54, 1.807) is 32.9 Å². The zero-order valence-electron chi connectivity index (χ0n) is 40.0. The van der Waals surface area contributed by atoms with Crippen LogP contribution in [-0.4, -0.2) is 147 Å². The van der Waals surface area contributed by atoms with Crippen molar-refractivity contribution in [1.29, 1.82) is 0 Å². The van der Waals surface area contributed by atoms with Crippen molar-refractivity contribution in [1.82, 2.24) is 30.4 Å². The predicted molar refractivity (Wildman–Crippen MR) is 246 cm³/mol. The van der Waals surface area contributed by atoms with E-state index in [1.807, 2.05) is 0 Å². The molecule has 0 saturated carbocycles. The molecule has 22 heteroatoms. The second-order valence-corrected chi connectivity index (χ2v) is 17.1. The number of fused-ring (bicyclic) bond motifs is 5. The molecule has 5 heterocycles. The Morgan fingerprint density at radius 1 is 0.857 bits per heavy atom.